The number of rotatable bonds is 5. The van der Waals surface area contributed by atoms with Crippen molar-refractivity contribution in [2.24, 2.45) is 5.92 Å². The van der Waals surface area contributed by atoms with Crippen LogP contribution < -0.4 is 5.32 Å². The first-order valence-electron chi connectivity index (χ1n) is 7.90. The summed E-state index contributed by atoms with van der Waals surface area (Å²) < 4.78 is 0. The van der Waals surface area contributed by atoms with E-state index < -0.39 is 0 Å². The number of carbonyl (C=O) groups is 1. The summed E-state index contributed by atoms with van der Waals surface area (Å²) in [4.78, 5) is 14.7. The van der Waals surface area contributed by atoms with Crippen LogP contribution in [0, 0.1) is 5.92 Å². The first-order chi connectivity index (χ1) is 10.4. The highest BCUT2D eigenvalue weighted by Crippen LogP contribution is 2.19. The van der Waals surface area contributed by atoms with Gasteiger partial charge in [0.1, 0.15) is 0 Å². The fourth-order valence-electron chi connectivity index (χ4n) is 2.73. The zero-order valence-corrected chi connectivity index (χ0v) is 13.8. The highest BCUT2D eigenvalue weighted by Gasteiger charge is 2.34. The Bertz CT molecular complexity index is 519. The minimum Gasteiger partial charge on any atom is -0.396 e. The SMILES string of the molecule is CC(C)c1cnnc(C(=O)N[C@H]2CN(C(C)C)C[C@H]2CO)c1. The molecule has 1 aliphatic heterocycles. The molecule has 1 aromatic rings. The molecular formula is C16H26N4O2. The van der Waals surface area contributed by atoms with Crippen LogP contribution in [0.15, 0.2) is 12.3 Å². The van der Waals surface area contributed by atoms with Crippen LogP contribution in [0.1, 0.15) is 49.7 Å². The van der Waals surface area contributed by atoms with Crippen molar-refractivity contribution in [1.29, 1.82) is 0 Å². The third-order valence-electron chi connectivity index (χ3n) is 4.33. The molecule has 6 heteroatoms. The van der Waals surface area contributed by atoms with Crippen molar-refractivity contribution in [3.8, 4) is 0 Å². The minimum absolute atomic E-state index is 0.0515. The second-order valence-corrected chi connectivity index (χ2v) is 6.60. The molecule has 6 nitrogen and oxygen atoms in total. The number of nitrogens with zero attached hydrogens (tertiary/aromatic N) is 3. The van der Waals surface area contributed by atoms with Gasteiger partial charge >= 0.3 is 0 Å². The molecule has 2 rings (SSSR count). The Hall–Kier alpha value is -1.53. The Morgan fingerprint density at radius 2 is 2.14 bits per heavy atom. The lowest BCUT2D eigenvalue weighted by Gasteiger charge is -2.20. The fourth-order valence-corrected chi connectivity index (χ4v) is 2.73. The molecule has 0 spiro atoms. The summed E-state index contributed by atoms with van der Waals surface area (Å²) in [6.45, 7) is 9.98. The van der Waals surface area contributed by atoms with Gasteiger partial charge in [-0.3, -0.25) is 9.69 Å². The number of hydrogen-bond acceptors (Lipinski definition) is 5. The molecule has 1 fully saturated rings. The maximum Gasteiger partial charge on any atom is 0.272 e. The van der Waals surface area contributed by atoms with E-state index in [1.165, 1.54) is 0 Å². The summed E-state index contributed by atoms with van der Waals surface area (Å²) in [5, 5.41) is 20.4. The van der Waals surface area contributed by atoms with Crippen LogP contribution in [-0.4, -0.2) is 57.9 Å². The van der Waals surface area contributed by atoms with Gasteiger partial charge in [0.25, 0.3) is 5.91 Å². The van der Waals surface area contributed by atoms with E-state index in [-0.39, 0.29) is 24.5 Å². The number of hydrogen-bond donors (Lipinski definition) is 2. The number of carbonyl (C=O) groups excluding carboxylic acids is 1. The summed E-state index contributed by atoms with van der Waals surface area (Å²) >= 11 is 0. The number of aromatic nitrogens is 2. The van der Waals surface area contributed by atoms with Gasteiger partial charge in [-0.2, -0.15) is 5.10 Å². The molecule has 122 valence electrons. The quantitative estimate of drug-likeness (QED) is 0.849. The minimum atomic E-state index is -0.218. The summed E-state index contributed by atoms with van der Waals surface area (Å²) in [5.74, 6) is 0.145. The van der Waals surface area contributed by atoms with Gasteiger partial charge in [-0.15, -0.1) is 5.10 Å². The van der Waals surface area contributed by atoms with Crippen molar-refractivity contribution in [3.05, 3.63) is 23.5 Å². The molecule has 2 N–H and O–H groups in total. The highest BCUT2D eigenvalue weighted by molar-refractivity contribution is 5.92. The van der Waals surface area contributed by atoms with Crippen LogP contribution in [0.3, 0.4) is 0 Å². The molecule has 0 aliphatic carbocycles. The van der Waals surface area contributed by atoms with E-state index in [4.69, 9.17) is 0 Å². The lowest BCUT2D eigenvalue weighted by Crippen LogP contribution is -2.42. The van der Waals surface area contributed by atoms with Crippen LogP contribution in [0.25, 0.3) is 0 Å². The van der Waals surface area contributed by atoms with Gasteiger partial charge in [0.2, 0.25) is 0 Å². The number of nitrogens with one attached hydrogen (secondary N) is 1. The first kappa shape index (κ1) is 16.8. The average molecular weight is 306 g/mol. The molecule has 0 aromatic carbocycles. The summed E-state index contributed by atoms with van der Waals surface area (Å²) in [7, 11) is 0. The Morgan fingerprint density at radius 3 is 2.73 bits per heavy atom. The van der Waals surface area contributed by atoms with E-state index in [9.17, 15) is 9.90 Å². The van der Waals surface area contributed by atoms with Gasteiger partial charge < -0.3 is 10.4 Å². The van der Waals surface area contributed by atoms with Gasteiger partial charge in [0.15, 0.2) is 5.69 Å². The predicted octanol–water partition coefficient (Wildman–Crippen LogP) is 1.03. The zero-order chi connectivity index (χ0) is 16.3. The maximum atomic E-state index is 12.4. The van der Waals surface area contributed by atoms with E-state index in [0.29, 0.717) is 17.7 Å². The molecule has 0 radical (unpaired) electrons. The van der Waals surface area contributed by atoms with E-state index in [2.05, 4.69) is 48.1 Å². The summed E-state index contributed by atoms with van der Waals surface area (Å²) in [5.41, 5.74) is 1.33. The molecule has 2 heterocycles. The van der Waals surface area contributed by atoms with Gasteiger partial charge in [-0.05, 0) is 31.4 Å². The lowest BCUT2D eigenvalue weighted by atomic mass is 10.0. The maximum absolute atomic E-state index is 12.4. The Labute approximate surface area is 131 Å². The molecule has 1 aliphatic rings. The third kappa shape index (κ3) is 3.81. The third-order valence-corrected chi connectivity index (χ3v) is 4.33. The monoisotopic (exact) mass is 306 g/mol. The van der Waals surface area contributed by atoms with Crippen molar-refractivity contribution < 1.29 is 9.90 Å². The lowest BCUT2D eigenvalue weighted by molar-refractivity contribution is 0.0914. The van der Waals surface area contributed by atoms with Crippen LogP contribution in [0.5, 0.6) is 0 Å². The molecular weight excluding hydrogens is 280 g/mol. The van der Waals surface area contributed by atoms with E-state index in [0.717, 1.165) is 18.7 Å². The van der Waals surface area contributed by atoms with E-state index >= 15 is 0 Å². The molecule has 0 unspecified atom stereocenters. The van der Waals surface area contributed by atoms with Crippen molar-refractivity contribution in [2.45, 2.75) is 45.7 Å². The second kappa shape index (κ2) is 7.15. The van der Waals surface area contributed by atoms with Crippen molar-refractivity contribution in [1.82, 2.24) is 20.4 Å². The predicted molar refractivity (Wildman–Crippen MR) is 84.7 cm³/mol. The molecule has 1 saturated heterocycles. The van der Waals surface area contributed by atoms with Crippen LogP contribution in [-0.2, 0) is 0 Å². The van der Waals surface area contributed by atoms with Gasteiger partial charge in [0, 0.05) is 37.7 Å². The average Bonchev–Trinajstić information content (AvgIpc) is 2.90. The fraction of sp³-hybridized carbons (Fsp3) is 0.688. The van der Waals surface area contributed by atoms with Gasteiger partial charge in [-0.1, -0.05) is 13.8 Å². The Kier molecular flexibility index (Phi) is 5.47. The van der Waals surface area contributed by atoms with Gasteiger partial charge in [0.05, 0.1) is 6.20 Å². The summed E-state index contributed by atoms with van der Waals surface area (Å²) in [6.07, 6.45) is 1.69. The van der Waals surface area contributed by atoms with Gasteiger partial charge in [-0.25, -0.2) is 0 Å². The smallest absolute Gasteiger partial charge is 0.272 e. The molecule has 22 heavy (non-hydrogen) atoms. The van der Waals surface area contributed by atoms with Crippen molar-refractivity contribution in [2.75, 3.05) is 19.7 Å². The number of amides is 1. The normalized spacial score (nSPS) is 22.5. The van der Waals surface area contributed by atoms with Crippen LogP contribution in [0.4, 0.5) is 0 Å². The molecule has 1 amide bonds. The topological polar surface area (TPSA) is 78.4 Å². The molecule has 0 bridgehead atoms. The van der Waals surface area contributed by atoms with E-state index in [1.807, 2.05) is 0 Å². The molecule has 2 atom stereocenters. The Balaban J connectivity index is 2.06. The zero-order valence-electron chi connectivity index (χ0n) is 13.8. The van der Waals surface area contributed by atoms with Crippen LogP contribution in [0.2, 0.25) is 0 Å². The van der Waals surface area contributed by atoms with Crippen LogP contribution >= 0.6 is 0 Å². The highest BCUT2D eigenvalue weighted by atomic mass is 16.3. The standard InChI is InChI=1S/C16H26N4O2/c1-10(2)12-5-14(19-17-6-12)16(22)18-15-8-20(11(3)4)7-13(15)9-21/h5-6,10-11,13,15,21H,7-9H2,1-4H3,(H,18,22)/t13-,15-/m0/s1. The second-order valence-electron chi connectivity index (χ2n) is 6.60. The van der Waals surface area contributed by atoms with Crippen molar-refractivity contribution in [3.63, 3.8) is 0 Å². The summed E-state index contributed by atoms with van der Waals surface area (Å²) in [6, 6.07) is 2.14. The van der Waals surface area contributed by atoms with Crippen molar-refractivity contribution >= 4 is 5.91 Å². The first-order valence-corrected chi connectivity index (χ1v) is 7.90. The molecule has 0 saturated carbocycles. The number of likely N-dealkylation sites (tertiary alicyclic amines) is 1. The Morgan fingerprint density at radius 1 is 1.41 bits per heavy atom. The number of aliphatic hydroxyl groups is 1. The number of aliphatic hydroxyl groups excluding tert-OH is 1. The van der Waals surface area contributed by atoms with E-state index in [1.54, 1.807) is 12.3 Å². The molecule has 1 aromatic heterocycles. The largest absolute Gasteiger partial charge is 0.396 e.